The first-order valence-electron chi connectivity index (χ1n) is 8.92. The Kier molecular flexibility index (Phi) is 2.67. The lowest BCUT2D eigenvalue weighted by molar-refractivity contribution is -0.161. The van der Waals surface area contributed by atoms with Crippen molar-refractivity contribution in [1.29, 1.82) is 0 Å². The molecule has 0 saturated carbocycles. The summed E-state index contributed by atoms with van der Waals surface area (Å²) in [7, 11) is 0. The van der Waals surface area contributed by atoms with Crippen LogP contribution in [0.15, 0.2) is 0 Å². The van der Waals surface area contributed by atoms with Gasteiger partial charge in [-0.2, -0.15) is 0 Å². The molecule has 0 fully saturated rings. The summed E-state index contributed by atoms with van der Waals surface area (Å²) in [6, 6.07) is 0. The van der Waals surface area contributed by atoms with E-state index >= 15 is 0 Å². The van der Waals surface area contributed by atoms with Gasteiger partial charge in [0, 0.05) is 12.3 Å². The minimum atomic E-state index is -3.74. The highest BCUT2D eigenvalue weighted by Crippen LogP contribution is 2.12. The molecule has 0 unspecified atom stereocenters. The predicted molar refractivity (Wildman–Crippen MR) is 56.3 cm³/mol. The highest BCUT2D eigenvalue weighted by molar-refractivity contribution is 5.94. The fourth-order valence-corrected chi connectivity index (χ4v) is 0.774. The molecule has 4 heteroatoms. The summed E-state index contributed by atoms with van der Waals surface area (Å²) in [5, 5.41) is 0. The van der Waals surface area contributed by atoms with Crippen molar-refractivity contribution in [2.24, 2.45) is 5.92 Å². The lowest BCUT2D eigenvalue weighted by atomic mass is 10.0. The molecule has 0 aliphatic carbocycles. The van der Waals surface area contributed by atoms with Crippen LogP contribution in [0.3, 0.4) is 0 Å². The summed E-state index contributed by atoms with van der Waals surface area (Å²) in [5.74, 6) is -5.41. The Labute approximate surface area is 104 Å². The van der Waals surface area contributed by atoms with Crippen molar-refractivity contribution in [2.75, 3.05) is 13.2 Å². The molecule has 0 atom stereocenters. The Bertz CT molecular complexity index is 455. The molecule has 0 radical (unpaired) electrons. The van der Waals surface area contributed by atoms with Crippen LogP contribution in [0.4, 0.5) is 0 Å². The normalized spacial score (nSPS) is 22.7. The number of hydrogen-bond donors (Lipinski definition) is 0. The second-order valence-electron chi connectivity index (χ2n) is 2.33. The molecule has 0 aromatic rings. The topological polar surface area (TPSA) is 52.6 Å². The van der Waals surface area contributed by atoms with Crippen LogP contribution in [0.5, 0.6) is 0 Å². The van der Waals surface area contributed by atoms with E-state index < -0.39 is 43.8 Å². The molecule has 0 bridgehead atoms. The van der Waals surface area contributed by atoms with Gasteiger partial charge in [0.1, 0.15) is 0 Å². The van der Waals surface area contributed by atoms with Crippen LogP contribution in [-0.2, 0) is 19.1 Å². The Hall–Kier alpha value is -1.06. The van der Waals surface area contributed by atoms with Crippen LogP contribution in [0, 0.1) is 5.92 Å². The largest absolute Gasteiger partial charge is 0.465 e. The molecular formula is C11H20O4. The lowest BCUT2D eigenvalue weighted by Crippen LogP contribution is -2.28. The Morgan fingerprint density at radius 3 is 2.20 bits per heavy atom. The standard InChI is InChI=1S/C11H20O4/c1-4-7-8-9(10(12)14-5-2)11(13)15-6-3/h9H,4-8H2,1-3H3/i1D3,4D2,7D2,8D2. The molecule has 0 rings (SSSR count). The summed E-state index contributed by atoms with van der Waals surface area (Å²) < 4.78 is 76.5. The van der Waals surface area contributed by atoms with Gasteiger partial charge in [0.2, 0.25) is 0 Å². The van der Waals surface area contributed by atoms with Crippen molar-refractivity contribution in [2.45, 2.75) is 39.8 Å². The van der Waals surface area contributed by atoms with Crippen molar-refractivity contribution in [3.05, 3.63) is 0 Å². The van der Waals surface area contributed by atoms with Gasteiger partial charge in [0.15, 0.2) is 5.92 Å². The molecule has 0 aromatic heterocycles. The van der Waals surface area contributed by atoms with E-state index in [9.17, 15) is 9.59 Å². The summed E-state index contributed by atoms with van der Waals surface area (Å²) >= 11 is 0. The molecule has 0 aliphatic rings. The van der Waals surface area contributed by atoms with Gasteiger partial charge < -0.3 is 9.47 Å². The first kappa shape index (κ1) is 4.85. The molecule has 0 saturated heterocycles. The maximum Gasteiger partial charge on any atom is 0.320 e. The van der Waals surface area contributed by atoms with Gasteiger partial charge in [0.25, 0.3) is 0 Å². The van der Waals surface area contributed by atoms with E-state index in [0.29, 0.717) is 0 Å². The first-order valence-corrected chi connectivity index (χ1v) is 4.42. The second kappa shape index (κ2) is 8.26. The van der Waals surface area contributed by atoms with Gasteiger partial charge >= 0.3 is 11.9 Å². The van der Waals surface area contributed by atoms with Gasteiger partial charge in [-0.05, 0) is 20.2 Å². The zero-order chi connectivity index (χ0) is 19.6. The van der Waals surface area contributed by atoms with Gasteiger partial charge in [0.05, 0.1) is 13.2 Å². The van der Waals surface area contributed by atoms with Gasteiger partial charge in [-0.25, -0.2) is 0 Å². The molecule has 0 aromatic carbocycles. The van der Waals surface area contributed by atoms with E-state index in [2.05, 4.69) is 9.47 Å². The molecule has 0 aliphatic heterocycles. The smallest absolute Gasteiger partial charge is 0.320 e. The number of hydrogen-bond acceptors (Lipinski definition) is 4. The van der Waals surface area contributed by atoms with Crippen LogP contribution in [-0.4, -0.2) is 25.2 Å². The number of carbonyl (C=O) groups is 2. The highest BCUT2D eigenvalue weighted by Gasteiger charge is 2.28. The number of carbonyl (C=O) groups excluding carboxylic acids is 2. The third kappa shape index (κ3) is 5.40. The SMILES string of the molecule is [2H]C([2H])([2H])C([2H])([2H])C([2H])([2H])C([2H])([2H])C(C(=O)OCC)C(=O)OCC. The molecule has 88 valence electrons. The molecule has 15 heavy (non-hydrogen) atoms. The van der Waals surface area contributed by atoms with Crippen molar-refractivity contribution in [3.63, 3.8) is 0 Å². The van der Waals surface area contributed by atoms with Crippen LogP contribution in [0.25, 0.3) is 0 Å². The average Bonchev–Trinajstić information content (AvgIpc) is 2.37. The molecular weight excluding hydrogens is 196 g/mol. The quantitative estimate of drug-likeness (QED) is 0.490. The van der Waals surface area contributed by atoms with Crippen LogP contribution < -0.4 is 0 Å². The van der Waals surface area contributed by atoms with Crippen LogP contribution in [0.1, 0.15) is 52.2 Å². The number of ether oxygens (including phenoxy) is 2. The van der Waals surface area contributed by atoms with Crippen LogP contribution in [0.2, 0.25) is 0 Å². The highest BCUT2D eigenvalue weighted by atomic mass is 16.6. The molecule has 0 amide bonds. The Morgan fingerprint density at radius 1 is 1.27 bits per heavy atom. The summed E-state index contributed by atoms with van der Waals surface area (Å²) in [4.78, 5) is 23.9. The fourth-order valence-electron chi connectivity index (χ4n) is 0.774. The minimum absolute atomic E-state index is 0.250. The van der Waals surface area contributed by atoms with Gasteiger partial charge in [-0.15, -0.1) is 0 Å². The van der Waals surface area contributed by atoms with Gasteiger partial charge in [-0.1, -0.05) is 19.6 Å². The average molecular weight is 225 g/mol. The lowest BCUT2D eigenvalue weighted by Gasteiger charge is -2.13. The van der Waals surface area contributed by atoms with E-state index in [4.69, 9.17) is 12.3 Å². The zero-order valence-electron chi connectivity index (χ0n) is 17.6. The van der Waals surface area contributed by atoms with Crippen molar-refractivity contribution < 1.29 is 31.4 Å². The second-order valence-corrected chi connectivity index (χ2v) is 2.33. The van der Waals surface area contributed by atoms with E-state index in [1.807, 2.05) is 0 Å². The summed E-state index contributed by atoms with van der Waals surface area (Å²) in [6.07, 6.45) is -11.0. The summed E-state index contributed by atoms with van der Waals surface area (Å²) in [6.45, 7) is -1.31. The maximum atomic E-state index is 11.9. The summed E-state index contributed by atoms with van der Waals surface area (Å²) in [5.41, 5.74) is 0. The zero-order valence-corrected chi connectivity index (χ0v) is 8.62. The maximum absolute atomic E-state index is 11.9. The van der Waals surface area contributed by atoms with Crippen molar-refractivity contribution in [1.82, 2.24) is 0 Å². The van der Waals surface area contributed by atoms with E-state index in [1.54, 1.807) is 0 Å². The molecule has 4 nitrogen and oxygen atoms in total. The van der Waals surface area contributed by atoms with E-state index in [-0.39, 0.29) is 13.2 Å². The Morgan fingerprint density at radius 2 is 1.80 bits per heavy atom. The van der Waals surface area contributed by atoms with Gasteiger partial charge in [-0.3, -0.25) is 9.59 Å². The fraction of sp³-hybridized carbons (Fsp3) is 0.818. The van der Waals surface area contributed by atoms with E-state index in [0.717, 1.165) is 0 Å². The third-order valence-corrected chi connectivity index (χ3v) is 1.32. The molecule has 0 spiro atoms. The Balaban J connectivity index is 6.15. The van der Waals surface area contributed by atoms with Crippen molar-refractivity contribution in [3.8, 4) is 0 Å². The molecule has 0 heterocycles. The van der Waals surface area contributed by atoms with E-state index in [1.165, 1.54) is 13.8 Å². The first-order chi connectivity index (χ1) is 10.6. The monoisotopic (exact) mass is 225 g/mol. The third-order valence-electron chi connectivity index (χ3n) is 1.32. The van der Waals surface area contributed by atoms with Crippen LogP contribution >= 0.6 is 0 Å². The minimum Gasteiger partial charge on any atom is -0.465 e. The number of rotatable bonds is 7. The predicted octanol–water partition coefficient (Wildman–Crippen LogP) is 1.92. The number of esters is 2. The molecule has 0 N–H and O–H groups in total. The van der Waals surface area contributed by atoms with Crippen molar-refractivity contribution >= 4 is 11.9 Å².